The first-order chi connectivity index (χ1) is 8.16. The second-order valence-electron chi connectivity index (χ2n) is 5.42. The lowest BCUT2D eigenvalue weighted by Gasteiger charge is -2.29. The van der Waals surface area contributed by atoms with E-state index in [0.29, 0.717) is 5.92 Å². The van der Waals surface area contributed by atoms with Crippen molar-refractivity contribution in [1.82, 2.24) is 10.6 Å². The third kappa shape index (κ3) is 3.42. The van der Waals surface area contributed by atoms with E-state index < -0.39 is 0 Å². The van der Waals surface area contributed by atoms with Gasteiger partial charge < -0.3 is 15.4 Å². The van der Waals surface area contributed by atoms with Gasteiger partial charge in [-0.15, -0.1) is 0 Å². The molecular formula is C13H24N2O2. The van der Waals surface area contributed by atoms with Gasteiger partial charge in [-0.05, 0) is 58.5 Å². The Morgan fingerprint density at radius 1 is 1.41 bits per heavy atom. The quantitative estimate of drug-likeness (QED) is 0.775. The van der Waals surface area contributed by atoms with Crippen molar-refractivity contribution in [1.29, 1.82) is 0 Å². The van der Waals surface area contributed by atoms with Crippen LogP contribution in [0.15, 0.2) is 0 Å². The fourth-order valence-corrected chi connectivity index (χ4v) is 2.74. The van der Waals surface area contributed by atoms with Gasteiger partial charge in [0.15, 0.2) is 0 Å². The molecule has 0 aromatic rings. The SMILES string of the molecule is CC1CCC(C(=O)NC(C)C2CCCNC2)O1. The van der Waals surface area contributed by atoms with E-state index in [2.05, 4.69) is 17.6 Å². The molecule has 0 aromatic heterocycles. The molecule has 0 spiro atoms. The summed E-state index contributed by atoms with van der Waals surface area (Å²) in [4.78, 5) is 12.0. The van der Waals surface area contributed by atoms with Crippen LogP contribution >= 0.6 is 0 Å². The largest absolute Gasteiger partial charge is 0.365 e. The molecule has 4 unspecified atom stereocenters. The van der Waals surface area contributed by atoms with E-state index in [4.69, 9.17) is 4.74 Å². The summed E-state index contributed by atoms with van der Waals surface area (Å²) in [6.07, 6.45) is 4.29. The van der Waals surface area contributed by atoms with E-state index in [-0.39, 0.29) is 24.2 Å². The van der Waals surface area contributed by atoms with E-state index in [0.717, 1.165) is 25.9 Å². The zero-order chi connectivity index (χ0) is 12.3. The molecule has 2 aliphatic rings. The highest BCUT2D eigenvalue weighted by Gasteiger charge is 2.30. The maximum absolute atomic E-state index is 12.0. The third-order valence-corrected chi connectivity index (χ3v) is 3.94. The Bertz CT molecular complexity index is 264. The molecule has 4 heteroatoms. The lowest BCUT2D eigenvalue weighted by Crippen LogP contribution is -2.47. The molecule has 0 radical (unpaired) electrons. The highest BCUT2D eigenvalue weighted by Crippen LogP contribution is 2.20. The summed E-state index contributed by atoms with van der Waals surface area (Å²) >= 11 is 0. The molecule has 2 N–H and O–H groups in total. The Kier molecular flexibility index (Phi) is 4.40. The highest BCUT2D eigenvalue weighted by molar-refractivity contribution is 5.81. The number of amides is 1. The number of rotatable bonds is 3. The van der Waals surface area contributed by atoms with Crippen LogP contribution in [0.25, 0.3) is 0 Å². The van der Waals surface area contributed by atoms with Crippen molar-refractivity contribution >= 4 is 5.91 Å². The van der Waals surface area contributed by atoms with Crippen LogP contribution in [0.3, 0.4) is 0 Å². The zero-order valence-electron chi connectivity index (χ0n) is 10.9. The van der Waals surface area contributed by atoms with Gasteiger partial charge in [0, 0.05) is 6.04 Å². The normalized spacial score (nSPS) is 35.5. The van der Waals surface area contributed by atoms with Crippen molar-refractivity contribution in [3.8, 4) is 0 Å². The van der Waals surface area contributed by atoms with Crippen molar-refractivity contribution in [2.24, 2.45) is 5.92 Å². The van der Waals surface area contributed by atoms with Crippen molar-refractivity contribution in [2.45, 2.75) is 57.8 Å². The number of hydrogen-bond donors (Lipinski definition) is 2. The Morgan fingerprint density at radius 2 is 2.24 bits per heavy atom. The number of nitrogens with one attached hydrogen (secondary N) is 2. The van der Waals surface area contributed by atoms with Gasteiger partial charge in [0.2, 0.25) is 5.91 Å². The average molecular weight is 240 g/mol. The molecular weight excluding hydrogens is 216 g/mol. The van der Waals surface area contributed by atoms with E-state index in [9.17, 15) is 4.79 Å². The molecule has 0 saturated carbocycles. The molecule has 2 saturated heterocycles. The summed E-state index contributed by atoms with van der Waals surface area (Å²) in [6, 6.07) is 0.245. The number of carbonyl (C=O) groups is 1. The van der Waals surface area contributed by atoms with Crippen LogP contribution in [0.4, 0.5) is 0 Å². The minimum absolute atomic E-state index is 0.0763. The van der Waals surface area contributed by atoms with Gasteiger partial charge >= 0.3 is 0 Å². The van der Waals surface area contributed by atoms with Crippen LogP contribution in [-0.4, -0.2) is 37.2 Å². The van der Waals surface area contributed by atoms with E-state index >= 15 is 0 Å². The molecule has 2 fully saturated rings. The molecule has 17 heavy (non-hydrogen) atoms. The van der Waals surface area contributed by atoms with E-state index in [1.807, 2.05) is 6.92 Å². The van der Waals surface area contributed by atoms with Gasteiger partial charge in [-0.3, -0.25) is 4.79 Å². The van der Waals surface area contributed by atoms with Crippen molar-refractivity contribution in [3.63, 3.8) is 0 Å². The van der Waals surface area contributed by atoms with Crippen molar-refractivity contribution in [2.75, 3.05) is 13.1 Å². The van der Waals surface area contributed by atoms with Gasteiger partial charge in [-0.25, -0.2) is 0 Å². The topological polar surface area (TPSA) is 50.4 Å². The van der Waals surface area contributed by atoms with Crippen LogP contribution in [0.2, 0.25) is 0 Å². The van der Waals surface area contributed by atoms with Crippen LogP contribution in [0.5, 0.6) is 0 Å². The Labute approximate surface area is 103 Å². The van der Waals surface area contributed by atoms with Crippen LogP contribution in [0, 0.1) is 5.92 Å². The number of piperidine rings is 1. The summed E-state index contributed by atoms with van der Waals surface area (Å²) < 4.78 is 5.58. The first-order valence-electron chi connectivity index (χ1n) is 6.83. The fraction of sp³-hybridized carbons (Fsp3) is 0.923. The molecule has 4 nitrogen and oxygen atoms in total. The summed E-state index contributed by atoms with van der Waals surface area (Å²) in [5.41, 5.74) is 0. The molecule has 0 bridgehead atoms. The summed E-state index contributed by atoms with van der Waals surface area (Å²) in [6.45, 7) is 6.26. The van der Waals surface area contributed by atoms with Gasteiger partial charge in [-0.1, -0.05) is 0 Å². The maximum Gasteiger partial charge on any atom is 0.249 e. The first-order valence-corrected chi connectivity index (χ1v) is 6.83. The Morgan fingerprint density at radius 3 is 2.82 bits per heavy atom. The standard InChI is InChI=1S/C13H24N2O2/c1-9-5-6-12(17-9)13(16)15-10(2)11-4-3-7-14-8-11/h9-12,14H,3-8H2,1-2H3,(H,15,16). The fourth-order valence-electron chi connectivity index (χ4n) is 2.74. The predicted octanol–water partition coefficient (Wildman–Crippen LogP) is 1.06. The second-order valence-corrected chi connectivity index (χ2v) is 5.42. The lowest BCUT2D eigenvalue weighted by atomic mass is 9.92. The second kappa shape index (κ2) is 5.83. The number of ether oxygens (including phenoxy) is 1. The van der Waals surface area contributed by atoms with Crippen LogP contribution in [-0.2, 0) is 9.53 Å². The monoisotopic (exact) mass is 240 g/mol. The first kappa shape index (κ1) is 12.8. The van der Waals surface area contributed by atoms with Gasteiger partial charge in [-0.2, -0.15) is 0 Å². The zero-order valence-corrected chi connectivity index (χ0v) is 10.9. The molecule has 0 aliphatic carbocycles. The molecule has 4 atom stereocenters. The maximum atomic E-state index is 12.0. The van der Waals surface area contributed by atoms with Crippen molar-refractivity contribution < 1.29 is 9.53 Å². The predicted molar refractivity (Wildman–Crippen MR) is 66.8 cm³/mol. The highest BCUT2D eigenvalue weighted by atomic mass is 16.5. The number of hydrogen-bond acceptors (Lipinski definition) is 3. The van der Waals surface area contributed by atoms with Gasteiger partial charge in [0.25, 0.3) is 0 Å². The lowest BCUT2D eigenvalue weighted by molar-refractivity contribution is -0.132. The minimum atomic E-state index is -0.219. The molecule has 1 amide bonds. The molecule has 2 aliphatic heterocycles. The average Bonchev–Trinajstić information content (AvgIpc) is 2.77. The van der Waals surface area contributed by atoms with Crippen LogP contribution < -0.4 is 10.6 Å². The van der Waals surface area contributed by atoms with Crippen LogP contribution in [0.1, 0.15) is 39.5 Å². The van der Waals surface area contributed by atoms with Gasteiger partial charge in [0.05, 0.1) is 6.10 Å². The summed E-state index contributed by atoms with van der Waals surface area (Å²) in [7, 11) is 0. The summed E-state index contributed by atoms with van der Waals surface area (Å²) in [5.74, 6) is 0.638. The van der Waals surface area contributed by atoms with Gasteiger partial charge in [0.1, 0.15) is 6.10 Å². The molecule has 2 rings (SSSR count). The van der Waals surface area contributed by atoms with Crippen molar-refractivity contribution in [3.05, 3.63) is 0 Å². The van der Waals surface area contributed by atoms with E-state index in [1.54, 1.807) is 0 Å². The smallest absolute Gasteiger partial charge is 0.249 e. The Hall–Kier alpha value is -0.610. The molecule has 0 aromatic carbocycles. The Balaban J connectivity index is 1.77. The summed E-state index contributed by atoms with van der Waals surface area (Å²) in [5, 5.41) is 6.49. The number of carbonyl (C=O) groups excluding carboxylic acids is 1. The molecule has 2 heterocycles. The minimum Gasteiger partial charge on any atom is -0.365 e. The molecule has 98 valence electrons. The third-order valence-electron chi connectivity index (χ3n) is 3.94. The van der Waals surface area contributed by atoms with E-state index in [1.165, 1.54) is 12.8 Å².